The Bertz CT molecular complexity index is 795. The molecule has 4 rings (SSSR count). The summed E-state index contributed by atoms with van der Waals surface area (Å²) in [7, 11) is 0. The highest BCUT2D eigenvalue weighted by atomic mass is 32.1. The Balaban J connectivity index is 1.75. The number of fused-ring (bicyclic) bond motifs is 3. The van der Waals surface area contributed by atoms with E-state index in [9.17, 15) is 0 Å². The first kappa shape index (κ1) is 15.5. The van der Waals surface area contributed by atoms with E-state index in [2.05, 4.69) is 53.7 Å². The molecular formula is C19H19N3S2. The summed E-state index contributed by atoms with van der Waals surface area (Å²) >= 11 is 7.40. The van der Waals surface area contributed by atoms with Crippen LogP contribution in [-0.2, 0) is 6.42 Å². The fourth-order valence-electron chi connectivity index (χ4n) is 3.61. The third kappa shape index (κ3) is 2.58. The van der Waals surface area contributed by atoms with E-state index in [0.29, 0.717) is 17.6 Å². The Morgan fingerprint density at radius 2 is 2.25 bits per heavy atom. The summed E-state index contributed by atoms with van der Waals surface area (Å²) in [4.78, 5) is 1.32. The van der Waals surface area contributed by atoms with Gasteiger partial charge in [0.1, 0.15) is 0 Å². The molecule has 0 fully saturated rings. The van der Waals surface area contributed by atoms with Gasteiger partial charge in [0.25, 0.3) is 0 Å². The van der Waals surface area contributed by atoms with Gasteiger partial charge in [0.2, 0.25) is 0 Å². The van der Waals surface area contributed by atoms with Crippen LogP contribution in [0.3, 0.4) is 0 Å². The van der Waals surface area contributed by atoms with Crippen LogP contribution in [-0.4, -0.2) is 22.4 Å². The molecule has 0 saturated heterocycles. The molecule has 122 valence electrons. The Morgan fingerprint density at radius 1 is 1.38 bits per heavy atom. The van der Waals surface area contributed by atoms with Crippen LogP contribution in [0, 0.1) is 5.92 Å². The van der Waals surface area contributed by atoms with Crippen molar-refractivity contribution in [1.82, 2.24) is 10.3 Å². The smallest absolute Gasteiger partial charge is 0.190 e. The summed E-state index contributed by atoms with van der Waals surface area (Å²) in [5, 5.41) is 13.0. The molecule has 0 spiro atoms. The normalized spacial score (nSPS) is 21.7. The largest absolute Gasteiger partial charge is 0.358 e. The first-order valence-electron chi connectivity index (χ1n) is 8.17. The molecule has 0 amide bonds. The van der Waals surface area contributed by atoms with Crippen molar-refractivity contribution in [3.63, 3.8) is 0 Å². The van der Waals surface area contributed by atoms with E-state index in [1.807, 2.05) is 11.1 Å². The average molecular weight is 354 g/mol. The molecule has 1 aromatic carbocycles. The van der Waals surface area contributed by atoms with Gasteiger partial charge in [-0.05, 0) is 42.1 Å². The molecule has 1 aliphatic heterocycles. The van der Waals surface area contributed by atoms with Gasteiger partial charge in [0, 0.05) is 22.9 Å². The van der Waals surface area contributed by atoms with Crippen LogP contribution < -0.4 is 5.32 Å². The SMILES string of the molecule is C=CCNC(=S)N1N=C2c3ccccc3CC[C@H]2[C@H]1c1cccs1. The average Bonchev–Trinajstić information content (AvgIpc) is 3.26. The standard InChI is InChI=1S/C19H19N3S2/c1-2-11-20-19(23)22-18(16-8-5-12-24-16)15-10-9-13-6-3-4-7-14(13)17(15)21-22/h2-8,12,15,18H,1,9-11H2,(H,20,23)/t15-,18+/m1/s1. The van der Waals surface area contributed by atoms with Crippen molar-refractivity contribution in [1.29, 1.82) is 0 Å². The molecule has 24 heavy (non-hydrogen) atoms. The zero-order valence-electron chi connectivity index (χ0n) is 13.3. The lowest BCUT2D eigenvalue weighted by molar-refractivity contribution is 0.309. The van der Waals surface area contributed by atoms with Crippen molar-refractivity contribution < 1.29 is 0 Å². The van der Waals surface area contributed by atoms with Crippen LogP contribution in [0.5, 0.6) is 0 Å². The second kappa shape index (κ2) is 6.49. The highest BCUT2D eigenvalue weighted by Crippen LogP contribution is 2.44. The number of thiophene rings is 1. The van der Waals surface area contributed by atoms with Crippen LogP contribution >= 0.6 is 23.6 Å². The Labute approximate surface area is 151 Å². The highest BCUT2D eigenvalue weighted by Gasteiger charge is 2.43. The van der Waals surface area contributed by atoms with E-state index in [4.69, 9.17) is 17.3 Å². The summed E-state index contributed by atoms with van der Waals surface area (Å²) in [6, 6.07) is 13.1. The minimum Gasteiger partial charge on any atom is -0.358 e. The van der Waals surface area contributed by atoms with E-state index in [-0.39, 0.29) is 6.04 Å². The topological polar surface area (TPSA) is 27.6 Å². The molecule has 0 bridgehead atoms. The first-order valence-corrected chi connectivity index (χ1v) is 9.46. The van der Waals surface area contributed by atoms with Crippen molar-refractivity contribution in [3.8, 4) is 0 Å². The number of benzene rings is 1. The molecule has 5 heteroatoms. The summed E-state index contributed by atoms with van der Waals surface area (Å²) in [6.07, 6.45) is 4.03. The summed E-state index contributed by atoms with van der Waals surface area (Å²) in [6.45, 7) is 4.41. The van der Waals surface area contributed by atoms with Crippen LogP contribution in [0.25, 0.3) is 0 Å². The molecule has 0 radical (unpaired) electrons. The molecule has 2 heterocycles. The van der Waals surface area contributed by atoms with Crippen LogP contribution in [0.4, 0.5) is 0 Å². The molecule has 2 aromatic rings. The van der Waals surface area contributed by atoms with Crippen molar-refractivity contribution in [2.75, 3.05) is 6.54 Å². The van der Waals surface area contributed by atoms with Gasteiger partial charge in [-0.3, -0.25) is 0 Å². The number of hydrogen-bond acceptors (Lipinski definition) is 3. The molecular weight excluding hydrogens is 334 g/mol. The van der Waals surface area contributed by atoms with Gasteiger partial charge in [-0.2, -0.15) is 5.10 Å². The number of hydrogen-bond donors (Lipinski definition) is 1. The summed E-state index contributed by atoms with van der Waals surface area (Å²) in [5.41, 5.74) is 3.85. The summed E-state index contributed by atoms with van der Waals surface area (Å²) < 4.78 is 0. The molecule has 1 aromatic heterocycles. The van der Waals surface area contributed by atoms with Gasteiger partial charge in [-0.1, -0.05) is 36.4 Å². The zero-order valence-corrected chi connectivity index (χ0v) is 14.9. The van der Waals surface area contributed by atoms with Gasteiger partial charge in [-0.25, -0.2) is 5.01 Å². The van der Waals surface area contributed by atoms with Gasteiger partial charge < -0.3 is 5.32 Å². The van der Waals surface area contributed by atoms with E-state index < -0.39 is 0 Å². The van der Waals surface area contributed by atoms with E-state index >= 15 is 0 Å². The number of rotatable bonds is 3. The maximum Gasteiger partial charge on any atom is 0.190 e. The highest BCUT2D eigenvalue weighted by molar-refractivity contribution is 7.80. The number of nitrogens with zero attached hydrogens (tertiary/aromatic N) is 2. The van der Waals surface area contributed by atoms with E-state index in [1.54, 1.807) is 11.3 Å². The van der Waals surface area contributed by atoms with Crippen LogP contribution in [0.15, 0.2) is 59.5 Å². The first-order chi connectivity index (χ1) is 11.8. The van der Waals surface area contributed by atoms with Crippen LogP contribution in [0.1, 0.15) is 28.5 Å². The van der Waals surface area contributed by atoms with Crippen molar-refractivity contribution in [3.05, 3.63) is 70.4 Å². The summed E-state index contributed by atoms with van der Waals surface area (Å²) in [5.74, 6) is 0.391. The molecule has 0 saturated carbocycles. The third-order valence-corrected chi connectivity index (χ3v) is 5.94. The molecule has 2 aliphatic rings. The lowest BCUT2D eigenvalue weighted by atomic mass is 9.79. The minimum atomic E-state index is 0.193. The predicted molar refractivity (Wildman–Crippen MR) is 104 cm³/mol. The Kier molecular flexibility index (Phi) is 4.21. The lowest BCUT2D eigenvalue weighted by Gasteiger charge is -2.29. The number of thiocarbonyl (C=S) groups is 1. The maximum atomic E-state index is 5.62. The molecule has 1 N–H and O–H groups in total. The number of aryl methyl sites for hydroxylation is 1. The van der Waals surface area contributed by atoms with E-state index in [1.165, 1.54) is 21.7 Å². The molecule has 3 nitrogen and oxygen atoms in total. The zero-order chi connectivity index (χ0) is 16.5. The van der Waals surface area contributed by atoms with Gasteiger partial charge in [0.05, 0.1) is 11.8 Å². The number of nitrogens with one attached hydrogen (secondary N) is 1. The van der Waals surface area contributed by atoms with Crippen molar-refractivity contribution in [2.45, 2.75) is 18.9 Å². The third-order valence-electron chi connectivity index (χ3n) is 4.67. The fraction of sp³-hybridized carbons (Fsp3) is 0.263. The monoisotopic (exact) mass is 353 g/mol. The second-order valence-electron chi connectivity index (χ2n) is 6.07. The minimum absolute atomic E-state index is 0.193. The molecule has 2 atom stereocenters. The Morgan fingerprint density at radius 3 is 3.04 bits per heavy atom. The predicted octanol–water partition coefficient (Wildman–Crippen LogP) is 4.13. The quantitative estimate of drug-likeness (QED) is 0.664. The molecule has 0 unspecified atom stereocenters. The lowest BCUT2D eigenvalue weighted by Crippen LogP contribution is -2.38. The van der Waals surface area contributed by atoms with Gasteiger partial charge >= 0.3 is 0 Å². The van der Waals surface area contributed by atoms with Gasteiger partial charge in [0.15, 0.2) is 5.11 Å². The second-order valence-corrected chi connectivity index (χ2v) is 7.43. The van der Waals surface area contributed by atoms with Crippen molar-refractivity contribution >= 4 is 34.4 Å². The van der Waals surface area contributed by atoms with E-state index in [0.717, 1.165) is 12.8 Å². The van der Waals surface area contributed by atoms with Crippen LogP contribution in [0.2, 0.25) is 0 Å². The Hall–Kier alpha value is -1.98. The number of hydrazone groups is 1. The van der Waals surface area contributed by atoms with Crippen molar-refractivity contribution in [2.24, 2.45) is 11.0 Å². The fourth-order valence-corrected chi connectivity index (χ4v) is 4.72. The maximum absolute atomic E-state index is 5.62. The van der Waals surface area contributed by atoms with Gasteiger partial charge in [-0.15, -0.1) is 17.9 Å². The molecule has 1 aliphatic carbocycles.